The number of H-pyrrole nitrogens is 1. The van der Waals surface area contributed by atoms with Crippen LogP contribution in [0.15, 0.2) is 42.6 Å². The summed E-state index contributed by atoms with van der Waals surface area (Å²) in [5.41, 5.74) is 4.74. The molecule has 5 heteroatoms. The predicted octanol–water partition coefficient (Wildman–Crippen LogP) is 4.15. The molecule has 0 aliphatic rings. The zero-order chi connectivity index (χ0) is 19.4. The number of ether oxygens (including phenoxy) is 2. The molecule has 3 rings (SSSR count). The molecule has 140 valence electrons. The van der Waals surface area contributed by atoms with Crippen LogP contribution in [0.3, 0.4) is 0 Å². The fraction of sp³-hybridized carbons (Fsp3) is 0.273. The van der Waals surface area contributed by atoms with Gasteiger partial charge in [0.25, 0.3) is 0 Å². The number of Topliss-reactive ketones (excluding diaryl/α,β-unsaturated/α-hetero) is 1. The first kappa shape index (κ1) is 18.7. The fourth-order valence-corrected chi connectivity index (χ4v) is 3.17. The highest BCUT2D eigenvalue weighted by Crippen LogP contribution is 2.22. The maximum absolute atomic E-state index is 12.4. The molecule has 0 radical (unpaired) electrons. The molecule has 3 aromatic rings. The van der Waals surface area contributed by atoms with E-state index in [1.165, 1.54) is 0 Å². The van der Waals surface area contributed by atoms with Crippen LogP contribution >= 0.6 is 0 Å². The number of rotatable bonds is 7. The summed E-state index contributed by atoms with van der Waals surface area (Å²) < 4.78 is 10.5. The molecule has 1 heterocycles. The van der Waals surface area contributed by atoms with Gasteiger partial charge in [-0.2, -0.15) is 0 Å². The fourth-order valence-electron chi connectivity index (χ4n) is 3.17. The average molecular weight is 365 g/mol. The topological polar surface area (TPSA) is 68.4 Å². The molecule has 0 atom stereocenters. The van der Waals surface area contributed by atoms with Gasteiger partial charge in [-0.15, -0.1) is 0 Å². The number of fused-ring (bicyclic) bond motifs is 1. The predicted molar refractivity (Wildman–Crippen MR) is 104 cm³/mol. The van der Waals surface area contributed by atoms with E-state index in [0.29, 0.717) is 11.3 Å². The number of para-hydroxylation sites is 1. The molecular weight excluding hydrogens is 342 g/mol. The van der Waals surface area contributed by atoms with Crippen molar-refractivity contribution >= 4 is 22.7 Å². The van der Waals surface area contributed by atoms with Crippen molar-refractivity contribution in [1.82, 2.24) is 4.98 Å². The molecule has 0 bridgehead atoms. The van der Waals surface area contributed by atoms with Crippen molar-refractivity contribution in [1.29, 1.82) is 0 Å². The van der Waals surface area contributed by atoms with E-state index in [-0.39, 0.29) is 19.0 Å². The second-order valence-electron chi connectivity index (χ2n) is 6.59. The summed E-state index contributed by atoms with van der Waals surface area (Å²) in [5.74, 6) is -0.203. The summed E-state index contributed by atoms with van der Waals surface area (Å²) in [5, 5.41) is 0.849. The van der Waals surface area contributed by atoms with Gasteiger partial charge in [0, 0.05) is 22.7 Å². The summed E-state index contributed by atoms with van der Waals surface area (Å²) in [6.45, 7) is 5.45. The largest absolute Gasteiger partial charge is 0.482 e. The van der Waals surface area contributed by atoms with Gasteiger partial charge in [0.1, 0.15) is 5.75 Å². The number of hydrogen-bond acceptors (Lipinski definition) is 4. The minimum absolute atomic E-state index is 0.232. The van der Waals surface area contributed by atoms with Crippen molar-refractivity contribution in [2.24, 2.45) is 0 Å². The number of carbonyl (C=O) groups excluding carboxylic acids is 2. The van der Waals surface area contributed by atoms with Crippen LogP contribution < -0.4 is 4.74 Å². The van der Waals surface area contributed by atoms with Gasteiger partial charge in [-0.05, 0) is 49.1 Å². The van der Waals surface area contributed by atoms with Gasteiger partial charge in [0.2, 0.25) is 5.78 Å². The van der Waals surface area contributed by atoms with Crippen molar-refractivity contribution in [3.8, 4) is 5.75 Å². The third-order valence-electron chi connectivity index (χ3n) is 4.40. The zero-order valence-corrected chi connectivity index (χ0v) is 15.8. The number of carbonyl (C=O) groups is 2. The molecule has 0 saturated carbocycles. The Bertz CT molecular complexity index is 967. The molecule has 0 aliphatic heterocycles. The van der Waals surface area contributed by atoms with E-state index in [2.05, 4.69) is 11.9 Å². The van der Waals surface area contributed by atoms with Gasteiger partial charge >= 0.3 is 5.97 Å². The summed E-state index contributed by atoms with van der Waals surface area (Å²) >= 11 is 0. The Morgan fingerprint density at radius 3 is 2.48 bits per heavy atom. The van der Waals surface area contributed by atoms with Crippen LogP contribution in [0.4, 0.5) is 0 Å². The number of benzene rings is 2. The number of aryl methyl sites for hydroxylation is 3. The van der Waals surface area contributed by atoms with E-state index >= 15 is 0 Å². The van der Waals surface area contributed by atoms with Gasteiger partial charge in [-0.25, -0.2) is 4.79 Å². The highest BCUT2D eigenvalue weighted by atomic mass is 16.6. The normalized spacial score (nSPS) is 10.8. The smallest absolute Gasteiger partial charge is 0.344 e. The maximum atomic E-state index is 12.4. The van der Waals surface area contributed by atoms with E-state index in [9.17, 15) is 9.59 Å². The van der Waals surface area contributed by atoms with Crippen LogP contribution in [0.1, 0.15) is 34.0 Å². The van der Waals surface area contributed by atoms with Gasteiger partial charge < -0.3 is 14.5 Å². The molecule has 0 aliphatic carbocycles. The molecule has 1 aromatic heterocycles. The van der Waals surface area contributed by atoms with E-state index in [1.54, 1.807) is 6.20 Å². The zero-order valence-electron chi connectivity index (χ0n) is 15.8. The average Bonchev–Trinajstić information content (AvgIpc) is 3.08. The molecule has 0 spiro atoms. The van der Waals surface area contributed by atoms with Crippen LogP contribution in [0.5, 0.6) is 5.75 Å². The lowest BCUT2D eigenvalue weighted by Gasteiger charge is -2.08. The lowest BCUT2D eigenvalue weighted by molar-refractivity contribution is -0.144. The lowest BCUT2D eigenvalue weighted by Crippen LogP contribution is -2.19. The molecule has 27 heavy (non-hydrogen) atoms. The van der Waals surface area contributed by atoms with Gasteiger partial charge in [-0.3, -0.25) is 4.79 Å². The number of esters is 1. The third-order valence-corrected chi connectivity index (χ3v) is 4.40. The number of ketones is 1. The summed E-state index contributed by atoms with van der Waals surface area (Å²) in [4.78, 5) is 27.5. The quantitative estimate of drug-likeness (QED) is 0.504. The summed E-state index contributed by atoms with van der Waals surface area (Å²) in [6.07, 6.45) is 2.54. The standard InChI is InChI=1S/C22H23NO4/c1-4-16-6-5-7-18-19(11-23-22(16)18)20(24)12-27-21(25)13-26-17-9-14(2)8-15(3)10-17/h5-11,23H,4,12-13H2,1-3H3. The van der Waals surface area contributed by atoms with Crippen molar-refractivity contribution in [2.75, 3.05) is 13.2 Å². The van der Waals surface area contributed by atoms with E-state index in [0.717, 1.165) is 34.0 Å². The van der Waals surface area contributed by atoms with Gasteiger partial charge in [0.05, 0.1) is 0 Å². The Hall–Kier alpha value is -3.08. The molecule has 0 saturated heterocycles. The first-order valence-corrected chi connectivity index (χ1v) is 8.97. The van der Waals surface area contributed by atoms with E-state index in [1.807, 2.05) is 50.2 Å². The SMILES string of the molecule is CCc1cccc2c(C(=O)COC(=O)COc3cc(C)cc(C)c3)c[nH]c12. The van der Waals surface area contributed by atoms with Crippen LogP contribution in [0.2, 0.25) is 0 Å². The number of hydrogen-bond donors (Lipinski definition) is 1. The second kappa shape index (κ2) is 8.08. The Labute approximate surface area is 158 Å². The molecule has 0 amide bonds. The molecular formula is C22H23NO4. The monoisotopic (exact) mass is 365 g/mol. The Morgan fingerprint density at radius 2 is 1.78 bits per heavy atom. The van der Waals surface area contributed by atoms with Crippen molar-refractivity contribution in [3.63, 3.8) is 0 Å². The molecule has 0 unspecified atom stereocenters. The van der Waals surface area contributed by atoms with Crippen LogP contribution in [0.25, 0.3) is 10.9 Å². The van der Waals surface area contributed by atoms with Crippen LogP contribution in [-0.2, 0) is 16.0 Å². The summed E-state index contributed by atoms with van der Waals surface area (Å²) in [7, 11) is 0. The maximum Gasteiger partial charge on any atom is 0.344 e. The molecule has 2 aromatic carbocycles. The lowest BCUT2D eigenvalue weighted by atomic mass is 10.1. The van der Waals surface area contributed by atoms with Crippen LogP contribution in [0, 0.1) is 13.8 Å². The highest BCUT2D eigenvalue weighted by Gasteiger charge is 2.16. The number of aromatic amines is 1. The Balaban J connectivity index is 1.58. The number of nitrogens with one attached hydrogen (secondary N) is 1. The molecule has 0 fully saturated rings. The first-order chi connectivity index (χ1) is 13.0. The number of aromatic nitrogens is 1. The summed E-state index contributed by atoms with van der Waals surface area (Å²) in [6, 6.07) is 11.6. The van der Waals surface area contributed by atoms with Crippen molar-refractivity contribution in [3.05, 3.63) is 64.8 Å². The van der Waals surface area contributed by atoms with Crippen molar-refractivity contribution in [2.45, 2.75) is 27.2 Å². The van der Waals surface area contributed by atoms with E-state index in [4.69, 9.17) is 9.47 Å². The highest BCUT2D eigenvalue weighted by molar-refractivity contribution is 6.09. The molecule has 5 nitrogen and oxygen atoms in total. The minimum atomic E-state index is -0.573. The van der Waals surface area contributed by atoms with E-state index < -0.39 is 5.97 Å². The second-order valence-corrected chi connectivity index (χ2v) is 6.59. The third kappa shape index (κ3) is 4.37. The van der Waals surface area contributed by atoms with Gasteiger partial charge in [0.15, 0.2) is 13.2 Å². The van der Waals surface area contributed by atoms with Gasteiger partial charge in [-0.1, -0.05) is 31.2 Å². The Kier molecular flexibility index (Phi) is 5.60. The van der Waals surface area contributed by atoms with Crippen LogP contribution in [-0.4, -0.2) is 30.0 Å². The first-order valence-electron chi connectivity index (χ1n) is 8.97. The molecule has 1 N–H and O–H groups in total. The Morgan fingerprint density at radius 1 is 1.04 bits per heavy atom. The van der Waals surface area contributed by atoms with Crippen molar-refractivity contribution < 1.29 is 19.1 Å². The minimum Gasteiger partial charge on any atom is -0.482 e.